The van der Waals surface area contributed by atoms with Crippen LogP contribution in [0.15, 0.2) is 23.5 Å². The van der Waals surface area contributed by atoms with Gasteiger partial charge in [-0.2, -0.15) is 13.2 Å². The van der Waals surface area contributed by atoms with Gasteiger partial charge in [-0.3, -0.25) is 4.79 Å². The summed E-state index contributed by atoms with van der Waals surface area (Å²) in [6, 6.07) is 1.97. The lowest BCUT2D eigenvalue weighted by Gasteiger charge is -2.32. The molecule has 1 N–H and O–H groups in total. The molecule has 1 unspecified atom stereocenters. The first-order chi connectivity index (χ1) is 12.6. The van der Waals surface area contributed by atoms with E-state index >= 15 is 0 Å². The van der Waals surface area contributed by atoms with Crippen molar-refractivity contribution in [3.8, 4) is 5.75 Å². The van der Waals surface area contributed by atoms with E-state index in [0.717, 1.165) is 19.2 Å². The summed E-state index contributed by atoms with van der Waals surface area (Å²) in [5, 5.41) is 9.93. The van der Waals surface area contributed by atoms with Gasteiger partial charge in [-0.05, 0) is 37.0 Å². The van der Waals surface area contributed by atoms with E-state index in [-0.39, 0.29) is 42.6 Å². The number of halogens is 4. The van der Waals surface area contributed by atoms with Gasteiger partial charge in [-0.25, -0.2) is 9.18 Å². The standard InChI is InChI=1S/C18H16F4O5/c1-26-16(25)11-7-17(3-2-13(11)23)6-9-4-12(19)14(5-10(9)15(17)24)27-8-18(20,21)22/h4-5,23H,2-3,6-8H2,1H3. The number of carbonyl (C=O) groups is 2. The number of fused-ring (bicyclic) bond motifs is 1. The Morgan fingerprint density at radius 3 is 2.63 bits per heavy atom. The molecule has 5 nitrogen and oxygen atoms in total. The quantitative estimate of drug-likeness (QED) is 0.632. The minimum atomic E-state index is -4.64. The summed E-state index contributed by atoms with van der Waals surface area (Å²) in [6.45, 7) is -1.68. The molecule has 0 heterocycles. The van der Waals surface area contributed by atoms with E-state index in [1.54, 1.807) is 0 Å². The number of benzene rings is 1. The van der Waals surface area contributed by atoms with Crippen LogP contribution in [0.4, 0.5) is 17.6 Å². The van der Waals surface area contributed by atoms with Crippen molar-refractivity contribution in [2.75, 3.05) is 13.7 Å². The molecule has 0 saturated heterocycles. The second kappa shape index (κ2) is 6.54. The van der Waals surface area contributed by atoms with Crippen LogP contribution in [-0.2, 0) is 16.0 Å². The first kappa shape index (κ1) is 19.2. The molecular weight excluding hydrogens is 372 g/mol. The van der Waals surface area contributed by atoms with Gasteiger partial charge < -0.3 is 14.6 Å². The molecule has 3 rings (SSSR count). The van der Waals surface area contributed by atoms with Crippen molar-refractivity contribution in [2.24, 2.45) is 5.41 Å². The van der Waals surface area contributed by atoms with Gasteiger partial charge >= 0.3 is 12.1 Å². The number of aliphatic hydroxyl groups excluding tert-OH is 1. The maximum atomic E-state index is 14.1. The van der Waals surface area contributed by atoms with Crippen molar-refractivity contribution in [1.82, 2.24) is 0 Å². The number of carbonyl (C=O) groups excluding carboxylic acids is 2. The molecule has 0 radical (unpaired) electrons. The Bertz CT molecular complexity index is 843. The fourth-order valence-corrected chi connectivity index (χ4v) is 3.65. The van der Waals surface area contributed by atoms with Gasteiger partial charge in [0.05, 0.1) is 12.7 Å². The second-order valence-corrected chi connectivity index (χ2v) is 6.72. The number of hydrogen-bond donors (Lipinski definition) is 1. The zero-order chi connectivity index (χ0) is 20.0. The Labute approximate surface area is 151 Å². The molecule has 0 fully saturated rings. The minimum absolute atomic E-state index is 0.0149. The average molecular weight is 388 g/mol. The van der Waals surface area contributed by atoms with Gasteiger partial charge in [0.15, 0.2) is 24.0 Å². The molecule has 0 amide bonds. The maximum absolute atomic E-state index is 14.1. The average Bonchev–Trinajstić information content (AvgIpc) is 2.85. The highest BCUT2D eigenvalue weighted by molar-refractivity contribution is 6.06. The number of rotatable bonds is 3. The summed E-state index contributed by atoms with van der Waals surface area (Å²) in [7, 11) is 1.15. The predicted octanol–water partition coefficient (Wildman–Crippen LogP) is 3.66. The van der Waals surface area contributed by atoms with Crippen molar-refractivity contribution in [2.45, 2.75) is 31.9 Å². The van der Waals surface area contributed by atoms with Crippen molar-refractivity contribution in [3.63, 3.8) is 0 Å². The maximum Gasteiger partial charge on any atom is 0.422 e. The third-order valence-corrected chi connectivity index (χ3v) is 4.94. The number of aliphatic hydroxyl groups is 1. The van der Waals surface area contributed by atoms with E-state index in [4.69, 9.17) is 0 Å². The number of allylic oxidation sites excluding steroid dienone is 1. The van der Waals surface area contributed by atoms with Gasteiger partial charge in [0.2, 0.25) is 0 Å². The monoisotopic (exact) mass is 388 g/mol. The zero-order valence-corrected chi connectivity index (χ0v) is 14.3. The zero-order valence-electron chi connectivity index (χ0n) is 14.3. The van der Waals surface area contributed by atoms with Gasteiger partial charge in [0, 0.05) is 17.4 Å². The molecule has 0 aromatic heterocycles. The van der Waals surface area contributed by atoms with E-state index in [1.165, 1.54) is 0 Å². The highest BCUT2D eigenvalue weighted by atomic mass is 19.4. The lowest BCUT2D eigenvalue weighted by Crippen LogP contribution is -2.33. The predicted molar refractivity (Wildman–Crippen MR) is 83.9 cm³/mol. The van der Waals surface area contributed by atoms with Crippen LogP contribution in [-0.4, -0.2) is 36.8 Å². The van der Waals surface area contributed by atoms with Gasteiger partial charge in [-0.15, -0.1) is 0 Å². The van der Waals surface area contributed by atoms with Gasteiger partial charge in [-0.1, -0.05) is 0 Å². The first-order valence-corrected chi connectivity index (χ1v) is 8.12. The minimum Gasteiger partial charge on any atom is -0.512 e. The summed E-state index contributed by atoms with van der Waals surface area (Å²) in [4.78, 5) is 24.8. The van der Waals surface area contributed by atoms with Crippen LogP contribution < -0.4 is 4.74 Å². The van der Waals surface area contributed by atoms with Crippen LogP contribution in [0.5, 0.6) is 5.75 Å². The fraction of sp³-hybridized carbons (Fsp3) is 0.444. The summed E-state index contributed by atoms with van der Waals surface area (Å²) in [6.07, 6.45) is -4.31. The molecule has 0 aliphatic heterocycles. The Hall–Kier alpha value is -2.58. The number of ether oxygens (including phenoxy) is 2. The summed E-state index contributed by atoms with van der Waals surface area (Å²) in [5.41, 5.74) is -0.673. The van der Waals surface area contributed by atoms with E-state index in [9.17, 15) is 32.3 Å². The third-order valence-electron chi connectivity index (χ3n) is 4.94. The van der Waals surface area contributed by atoms with Crippen LogP contribution in [0.1, 0.15) is 35.2 Å². The summed E-state index contributed by atoms with van der Waals surface area (Å²) >= 11 is 0. The Balaban J connectivity index is 1.91. The van der Waals surface area contributed by atoms with E-state index < -0.39 is 41.5 Å². The number of Topliss-reactive ketones (excluding diaryl/α,β-unsaturated/α-hetero) is 1. The molecule has 0 bridgehead atoms. The molecule has 146 valence electrons. The van der Waals surface area contributed by atoms with Gasteiger partial charge in [0.1, 0.15) is 5.76 Å². The number of methoxy groups -OCH3 is 1. The fourth-order valence-electron chi connectivity index (χ4n) is 3.65. The molecule has 1 aromatic carbocycles. The van der Waals surface area contributed by atoms with Crippen molar-refractivity contribution < 1.29 is 41.7 Å². The Morgan fingerprint density at radius 2 is 2.00 bits per heavy atom. The number of esters is 1. The topological polar surface area (TPSA) is 72.8 Å². The molecule has 1 spiro atoms. The van der Waals surface area contributed by atoms with Gasteiger partial charge in [0.25, 0.3) is 0 Å². The lowest BCUT2D eigenvalue weighted by atomic mass is 9.70. The number of hydrogen-bond acceptors (Lipinski definition) is 5. The van der Waals surface area contributed by atoms with Crippen LogP contribution in [0.2, 0.25) is 0 Å². The summed E-state index contributed by atoms with van der Waals surface area (Å²) in [5.74, 6) is -2.97. The van der Waals surface area contributed by atoms with Crippen molar-refractivity contribution in [3.05, 3.63) is 40.4 Å². The molecule has 2 aliphatic rings. The lowest BCUT2D eigenvalue weighted by molar-refractivity contribution is -0.153. The Morgan fingerprint density at radius 1 is 1.30 bits per heavy atom. The molecule has 9 heteroatoms. The van der Waals surface area contributed by atoms with E-state index in [0.29, 0.717) is 5.56 Å². The summed E-state index contributed by atoms with van der Waals surface area (Å²) < 4.78 is 60.1. The second-order valence-electron chi connectivity index (χ2n) is 6.72. The van der Waals surface area contributed by atoms with Crippen LogP contribution in [0, 0.1) is 11.2 Å². The normalized spacial score (nSPS) is 22.2. The van der Waals surface area contributed by atoms with E-state index in [1.807, 2.05) is 0 Å². The highest BCUT2D eigenvalue weighted by Crippen LogP contribution is 2.49. The number of alkyl halides is 3. The van der Waals surface area contributed by atoms with Crippen LogP contribution >= 0.6 is 0 Å². The molecule has 27 heavy (non-hydrogen) atoms. The van der Waals surface area contributed by atoms with Crippen molar-refractivity contribution >= 4 is 11.8 Å². The molecule has 1 aromatic rings. The smallest absolute Gasteiger partial charge is 0.422 e. The molecule has 0 saturated carbocycles. The van der Waals surface area contributed by atoms with Crippen LogP contribution in [0.25, 0.3) is 0 Å². The third kappa shape index (κ3) is 3.50. The largest absolute Gasteiger partial charge is 0.512 e. The van der Waals surface area contributed by atoms with E-state index in [2.05, 4.69) is 9.47 Å². The first-order valence-electron chi connectivity index (χ1n) is 8.12. The molecule has 2 aliphatic carbocycles. The molecular formula is C18H16F4O5. The highest BCUT2D eigenvalue weighted by Gasteiger charge is 2.49. The Kier molecular flexibility index (Phi) is 4.65. The van der Waals surface area contributed by atoms with Crippen LogP contribution in [0.3, 0.4) is 0 Å². The molecule has 1 atom stereocenters. The SMILES string of the molecule is COC(=O)C1=C(O)CCC2(C1)Cc1cc(F)c(OCC(F)(F)F)cc1C2=O. The van der Waals surface area contributed by atoms with Crippen molar-refractivity contribution in [1.29, 1.82) is 0 Å². The number of ketones is 1.